The lowest BCUT2D eigenvalue weighted by Gasteiger charge is -2.32. The SMILES string of the molecule is CCC(C)NC(=O)C(Cc1ccccc1)N(Cc1ccccc1F)C(=O)COc1cc(C)c(Br)c(C)c1. The molecular weight excluding hydrogens is 535 g/mol. The van der Waals surface area contributed by atoms with Gasteiger partial charge in [-0.1, -0.05) is 71.4 Å². The summed E-state index contributed by atoms with van der Waals surface area (Å²) in [6.45, 7) is 7.46. The molecule has 3 aromatic rings. The third-order valence-corrected chi connectivity index (χ3v) is 7.59. The number of amides is 2. The van der Waals surface area contributed by atoms with Crippen LogP contribution < -0.4 is 10.1 Å². The average molecular weight is 570 g/mol. The Labute approximate surface area is 227 Å². The van der Waals surface area contributed by atoms with Gasteiger partial charge < -0.3 is 15.0 Å². The molecule has 0 aliphatic carbocycles. The maximum atomic E-state index is 14.7. The van der Waals surface area contributed by atoms with E-state index >= 15 is 0 Å². The number of nitrogens with zero attached hydrogens (tertiary/aromatic N) is 1. The third kappa shape index (κ3) is 7.89. The number of nitrogens with one attached hydrogen (secondary N) is 1. The highest BCUT2D eigenvalue weighted by Crippen LogP contribution is 2.26. The molecule has 0 aromatic heterocycles. The summed E-state index contributed by atoms with van der Waals surface area (Å²) in [6, 6.07) is 18.6. The Morgan fingerprint density at radius 1 is 1.03 bits per heavy atom. The van der Waals surface area contributed by atoms with E-state index < -0.39 is 17.8 Å². The number of hydrogen-bond donors (Lipinski definition) is 1. The molecule has 0 radical (unpaired) electrons. The maximum absolute atomic E-state index is 14.7. The van der Waals surface area contributed by atoms with Crippen molar-refractivity contribution in [3.8, 4) is 5.75 Å². The molecule has 0 heterocycles. The van der Waals surface area contributed by atoms with Crippen LogP contribution in [0.15, 0.2) is 71.2 Å². The van der Waals surface area contributed by atoms with Crippen LogP contribution in [0, 0.1) is 19.7 Å². The van der Waals surface area contributed by atoms with E-state index in [0.717, 1.165) is 27.6 Å². The number of aryl methyl sites for hydroxylation is 2. The number of ether oxygens (including phenoxy) is 1. The Balaban J connectivity index is 1.94. The molecule has 0 saturated heterocycles. The van der Waals surface area contributed by atoms with Crippen molar-refractivity contribution in [2.24, 2.45) is 0 Å². The second-order valence-electron chi connectivity index (χ2n) is 9.30. The molecule has 0 saturated carbocycles. The molecular formula is C30H34BrFN2O3. The minimum atomic E-state index is -0.847. The summed E-state index contributed by atoms with van der Waals surface area (Å²) in [6.07, 6.45) is 1.04. The fourth-order valence-electron chi connectivity index (χ4n) is 4.02. The van der Waals surface area contributed by atoms with Gasteiger partial charge in [0.05, 0.1) is 0 Å². The van der Waals surface area contributed by atoms with Crippen molar-refractivity contribution in [1.29, 1.82) is 0 Å². The lowest BCUT2D eigenvalue weighted by molar-refractivity contribution is -0.143. The van der Waals surface area contributed by atoms with Crippen LogP contribution in [0.3, 0.4) is 0 Å². The zero-order valence-electron chi connectivity index (χ0n) is 21.8. The minimum absolute atomic E-state index is 0.0569. The number of hydrogen-bond acceptors (Lipinski definition) is 3. The van der Waals surface area contributed by atoms with Crippen molar-refractivity contribution in [3.05, 3.63) is 99.3 Å². The first-order chi connectivity index (χ1) is 17.7. The molecule has 0 aliphatic heterocycles. The van der Waals surface area contributed by atoms with Gasteiger partial charge >= 0.3 is 0 Å². The monoisotopic (exact) mass is 568 g/mol. The molecule has 2 unspecified atom stereocenters. The Bertz CT molecular complexity index is 1200. The van der Waals surface area contributed by atoms with Crippen LogP contribution >= 0.6 is 15.9 Å². The predicted molar refractivity (Wildman–Crippen MR) is 148 cm³/mol. The number of carbonyl (C=O) groups excluding carboxylic acids is 2. The van der Waals surface area contributed by atoms with Crippen LogP contribution in [0.1, 0.15) is 42.5 Å². The normalized spacial score (nSPS) is 12.5. The van der Waals surface area contributed by atoms with Gasteiger partial charge in [-0.3, -0.25) is 9.59 Å². The summed E-state index contributed by atoms with van der Waals surface area (Å²) in [5.41, 5.74) is 3.21. The predicted octanol–water partition coefficient (Wildman–Crippen LogP) is 6.14. The molecule has 0 spiro atoms. The van der Waals surface area contributed by atoms with E-state index in [-0.39, 0.29) is 25.1 Å². The summed E-state index contributed by atoms with van der Waals surface area (Å²) in [4.78, 5) is 28.6. The molecule has 196 valence electrons. The largest absolute Gasteiger partial charge is 0.484 e. The van der Waals surface area contributed by atoms with E-state index in [4.69, 9.17) is 4.74 Å². The van der Waals surface area contributed by atoms with Crippen LogP contribution in [0.25, 0.3) is 0 Å². The van der Waals surface area contributed by atoms with Crippen LogP contribution in [-0.4, -0.2) is 35.4 Å². The highest BCUT2D eigenvalue weighted by Gasteiger charge is 2.31. The second-order valence-corrected chi connectivity index (χ2v) is 10.1. The lowest BCUT2D eigenvalue weighted by Crippen LogP contribution is -2.53. The molecule has 1 N–H and O–H groups in total. The van der Waals surface area contributed by atoms with Gasteiger partial charge in [-0.25, -0.2) is 4.39 Å². The van der Waals surface area contributed by atoms with Crippen LogP contribution in [0.5, 0.6) is 5.75 Å². The molecule has 5 nitrogen and oxygen atoms in total. The van der Waals surface area contributed by atoms with Gasteiger partial charge in [0.2, 0.25) is 5.91 Å². The zero-order valence-corrected chi connectivity index (χ0v) is 23.3. The van der Waals surface area contributed by atoms with E-state index in [9.17, 15) is 14.0 Å². The van der Waals surface area contributed by atoms with Gasteiger partial charge in [-0.05, 0) is 62.1 Å². The Morgan fingerprint density at radius 2 is 1.65 bits per heavy atom. The van der Waals surface area contributed by atoms with Crippen molar-refractivity contribution >= 4 is 27.7 Å². The number of rotatable bonds is 11. The Kier molecular flexibility index (Phi) is 10.3. The molecule has 2 atom stereocenters. The lowest BCUT2D eigenvalue weighted by atomic mass is 10.0. The topological polar surface area (TPSA) is 58.6 Å². The molecule has 2 amide bonds. The highest BCUT2D eigenvalue weighted by atomic mass is 79.9. The van der Waals surface area contributed by atoms with Crippen molar-refractivity contribution in [2.45, 2.75) is 59.2 Å². The Morgan fingerprint density at radius 3 is 2.27 bits per heavy atom. The molecule has 7 heteroatoms. The molecule has 0 fully saturated rings. The standard InChI is InChI=1S/C30H34BrFN2O3/c1-5-22(4)33-30(36)27(17-23-11-7-6-8-12-23)34(18-24-13-9-10-14-26(24)32)28(35)19-37-25-15-20(2)29(31)21(3)16-25/h6-16,22,27H,5,17-19H2,1-4H3,(H,33,36). The van der Waals surface area contributed by atoms with Crippen LogP contribution in [-0.2, 0) is 22.6 Å². The van der Waals surface area contributed by atoms with Crippen molar-refractivity contribution < 1.29 is 18.7 Å². The molecule has 3 rings (SSSR count). The number of halogens is 2. The van der Waals surface area contributed by atoms with E-state index in [0.29, 0.717) is 17.7 Å². The van der Waals surface area contributed by atoms with Gasteiger partial charge in [0.1, 0.15) is 17.6 Å². The van der Waals surface area contributed by atoms with E-state index in [2.05, 4.69) is 21.2 Å². The summed E-state index contributed by atoms with van der Waals surface area (Å²) in [5.74, 6) is -0.554. The fraction of sp³-hybridized carbons (Fsp3) is 0.333. The van der Waals surface area contributed by atoms with E-state index in [1.165, 1.54) is 11.0 Å². The molecule has 37 heavy (non-hydrogen) atoms. The van der Waals surface area contributed by atoms with Crippen LogP contribution in [0.4, 0.5) is 4.39 Å². The maximum Gasteiger partial charge on any atom is 0.261 e. The van der Waals surface area contributed by atoms with Crippen LogP contribution in [0.2, 0.25) is 0 Å². The summed E-state index contributed by atoms with van der Waals surface area (Å²) in [5, 5.41) is 3.01. The summed E-state index contributed by atoms with van der Waals surface area (Å²) >= 11 is 3.54. The van der Waals surface area contributed by atoms with Gasteiger partial charge in [0, 0.05) is 29.0 Å². The molecule has 0 aliphatic rings. The van der Waals surface area contributed by atoms with Crippen molar-refractivity contribution in [3.63, 3.8) is 0 Å². The zero-order chi connectivity index (χ0) is 26.9. The van der Waals surface area contributed by atoms with E-state index in [1.807, 2.05) is 70.2 Å². The van der Waals surface area contributed by atoms with Gasteiger partial charge in [-0.15, -0.1) is 0 Å². The first-order valence-corrected chi connectivity index (χ1v) is 13.3. The first-order valence-electron chi connectivity index (χ1n) is 12.5. The summed E-state index contributed by atoms with van der Waals surface area (Å²) in [7, 11) is 0. The van der Waals surface area contributed by atoms with Crippen molar-refractivity contribution in [1.82, 2.24) is 10.2 Å². The summed E-state index contributed by atoms with van der Waals surface area (Å²) < 4.78 is 21.5. The molecule has 0 bridgehead atoms. The first kappa shape index (κ1) is 28.4. The number of benzene rings is 3. The minimum Gasteiger partial charge on any atom is -0.484 e. The fourth-order valence-corrected chi connectivity index (χ4v) is 4.25. The Hall–Kier alpha value is -3.19. The van der Waals surface area contributed by atoms with Crippen molar-refractivity contribution in [2.75, 3.05) is 6.61 Å². The highest BCUT2D eigenvalue weighted by molar-refractivity contribution is 9.10. The van der Waals surface area contributed by atoms with Gasteiger partial charge in [0.25, 0.3) is 5.91 Å². The van der Waals surface area contributed by atoms with Gasteiger partial charge in [0.15, 0.2) is 6.61 Å². The quantitative estimate of drug-likeness (QED) is 0.302. The smallest absolute Gasteiger partial charge is 0.261 e. The second kappa shape index (κ2) is 13.4. The third-order valence-electron chi connectivity index (χ3n) is 6.34. The average Bonchev–Trinajstić information content (AvgIpc) is 2.89. The van der Waals surface area contributed by atoms with Gasteiger partial charge in [-0.2, -0.15) is 0 Å². The number of carbonyl (C=O) groups is 2. The van der Waals surface area contributed by atoms with E-state index in [1.54, 1.807) is 18.2 Å². The molecule has 3 aromatic carbocycles.